The molecule has 0 bridgehead atoms. The van der Waals surface area contributed by atoms with E-state index in [0.717, 1.165) is 18.4 Å². The minimum Gasteiger partial charge on any atom is -0.506 e. The van der Waals surface area contributed by atoms with Crippen LogP contribution in [0.15, 0.2) is 42.5 Å². The molecule has 154 valence electrons. The van der Waals surface area contributed by atoms with Gasteiger partial charge in [0.2, 0.25) is 6.41 Å². The van der Waals surface area contributed by atoms with Crippen molar-refractivity contribution in [1.29, 1.82) is 0 Å². The molecule has 0 aromatic heterocycles. The number of aromatic hydroxyl groups is 1. The van der Waals surface area contributed by atoms with E-state index in [4.69, 9.17) is 5.73 Å². The third kappa shape index (κ3) is 9.05. The van der Waals surface area contributed by atoms with Crippen LogP contribution in [0.3, 0.4) is 0 Å². The number of carbonyl (C=O) groups is 1. The average Bonchev–Trinajstić information content (AvgIpc) is 2.70. The number of carbonyl (C=O) groups excluding carboxylic acids is 1. The van der Waals surface area contributed by atoms with Gasteiger partial charge in [-0.2, -0.15) is 0 Å². The first-order chi connectivity index (χ1) is 13.5. The smallest absolute Gasteiger partial charge is 0.211 e. The Bertz CT molecular complexity index is 682. The normalized spacial score (nSPS) is 11.3. The summed E-state index contributed by atoms with van der Waals surface area (Å²) >= 11 is 0. The molecule has 2 aromatic rings. The van der Waals surface area contributed by atoms with Crippen LogP contribution < -0.4 is 11.1 Å². The van der Waals surface area contributed by atoms with Gasteiger partial charge < -0.3 is 16.2 Å². The molecule has 1 unspecified atom stereocenters. The molecule has 4 heteroatoms. The third-order valence-corrected chi connectivity index (χ3v) is 4.67. The van der Waals surface area contributed by atoms with E-state index in [9.17, 15) is 9.90 Å². The third-order valence-electron chi connectivity index (χ3n) is 4.67. The van der Waals surface area contributed by atoms with Gasteiger partial charge in [0, 0.05) is 6.04 Å². The largest absolute Gasteiger partial charge is 0.506 e. The predicted molar refractivity (Wildman–Crippen MR) is 119 cm³/mol. The molecule has 0 radical (unpaired) electrons. The number of nitrogens with two attached hydrogens (primary N) is 1. The Morgan fingerprint density at radius 1 is 0.964 bits per heavy atom. The van der Waals surface area contributed by atoms with Crippen molar-refractivity contribution in [2.45, 2.75) is 71.8 Å². The topological polar surface area (TPSA) is 75.3 Å². The van der Waals surface area contributed by atoms with E-state index in [1.165, 1.54) is 43.2 Å². The standard InChI is InChI=1S/C12H17NO2.C12H19N/c1-2-3-4-5-10-6-7-12(15)11(8-10)13-9-14;1-3-4-5-11-6-8-12(9-7-11)10(2)13/h6-9,15H,2-5H2,1H3,(H,13,14);6-10H,3-5,13H2,1-2H3. The molecule has 1 atom stereocenters. The van der Waals surface area contributed by atoms with Crippen LogP contribution >= 0.6 is 0 Å². The number of benzene rings is 2. The molecule has 2 rings (SSSR count). The van der Waals surface area contributed by atoms with Crippen LogP contribution in [0, 0.1) is 0 Å². The van der Waals surface area contributed by atoms with Crippen molar-refractivity contribution in [2.24, 2.45) is 5.73 Å². The van der Waals surface area contributed by atoms with Crippen LogP contribution in [-0.2, 0) is 17.6 Å². The van der Waals surface area contributed by atoms with Crippen molar-refractivity contribution in [3.63, 3.8) is 0 Å². The molecule has 0 saturated heterocycles. The van der Waals surface area contributed by atoms with Crippen LogP contribution in [0.25, 0.3) is 0 Å². The Morgan fingerprint density at radius 3 is 2.14 bits per heavy atom. The molecule has 0 aliphatic carbocycles. The van der Waals surface area contributed by atoms with Gasteiger partial charge in [-0.05, 0) is 61.4 Å². The molecule has 0 fully saturated rings. The number of amides is 1. The summed E-state index contributed by atoms with van der Waals surface area (Å²) in [4.78, 5) is 10.3. The van der Waals surface area contributed by atoms with Crippen LogP contribution in [0.5, 0.6) is 5.75 Å². The second kappa shape index (κ2) is 13.8. The lowest BCUT2D eigenvalue weighted by Crippen LogP contribution is -2.04. The Morgan fingerprint density at radius 2 is 1.57 bits per heavy atom. The van der Waals surface area contributed by atoms with E-state index in [1.54, 1.807) is 6.07 Å². The Hall–Kier alpha value is -2.33. The summed E-state index contributed by atoms with van der Waals surface area (Å²) in [5.74, 6) is 0.112. The lowest BCUT2D eigenvalue weighted by molar-refractivity contribution is -0.105. The number of phenolic OH excluding ortho intramolecular Hbond substituents is 1. The number of anilines is 1. The molecule has 0 aliphatic heterocycles. The average molecular weight is 385 g/mol. The molecule has 2 aromatic carbocycles. The zero-order chi connectivity index (χ0) is 20.8. The number of aryl methyl sites for hydroxylation is 2. The molecule has 0 heterocycles. The maximum atomic E-state index is 10.3. The van der Waals surface area contributed by atoms with Crippen LogP contribution in [0.4, 0.5) is 5.69 Å². The van der Waals surface area contributed by atoms with Crippen molar-refractivity contribution in [3.05, 3.63) is 59.2 Å². The van der Waals surface area contributed by atoms with Crippen molar-refractivity contribution < 1.29 is 9.90 Å². The molecular formula is C24H36N2O2. The van der Waals surface area contributed by atoms with Gasteiger partial charge in [0.15, 0.2) is 0 Å². The maximum absolute atomic E-state index is 10.3. The second-order valence-electron chi connectivity index (χ2n) is 7.20. The first-order valence-corrected chi connectivity index (χ1v) is 10.4. The zero-order valence-corrected chi connectivity index (χ0v) is 17.6. The van der Waals surface area contributed by atoms with Gasteiger partial charge in [0.05, 0.1) is 5.69 Å². The summed E-state index contributed by atoms with van der Waals surface area (Å²) in [6.07, 6.45) is 8.82. The summed E-state index contributed by atoms with van der Waals surface area (Å²) < 4.78 is 0. The van der Waals surface area contributed by atoms with Crippen molar-refractivity contribution >= 4 is 12.1 Å². The second-order valence-corrected chi connectivity index (χ2v) is 7.20. The van der Waals surface area contributed by atoms with E-state index >= 15 is 0 Å². The van der Waals surface area contributed by atoms with Crippen molar-refractivity contribution in [2.75, 3.05) is 5.32 Å². The number of hydrogen-bond acceptors (Lipinski definition) is 3. The van der Waals surface area contributed by atoms with Crippen LogP contribution in [0.2, 0.25) is 0 Å². The number of nitrogens with one attached hydrogen (secondary N) is 1. The van der Waals surface area contributed by atoms with E-state index in [1.807, 2.05) is 19.1 Å². The van der Waals surface area contributed by atoms with Gasteiger partial charge in [0.1, 0.15) is 5.75 Å². The van der Waals surface area contributed by atoms with E-state index in [-0.39, 0.29) is 11.8 Å². The van der Waals surface area contributed by atoms with Crippen LogP contribution in [-0.4, -0.2) is 11.5 Å². The van der Waals surface area contributed by atoms with Gasteiger partial charge in [-0.15, -0.1) is 0 Å². The molecule has 0 aliphatic rings. The lowest BCUT2D eigenvalue weighted by Gasteiger charge is -2.06. The Kier molecular flexibility index (Phi) is 11.7. The summed E-state index contributed by atoms with van der Waals surface area (Å²) in [5.41, 5.74) is 10.0. The number of phenols is 1. The molecule has 0 saturated carbocycles. The highest BCUT2D eigenvalue weighted by Crippen LogP contribution is 2.24. The highest BCUT2D eigenvalue weighted by Gasteiger charge is 2.01. The minimum absolute atomic E-state index is 0.112. The van der Waals surface area contributed by atoms with Gasteiger partial charge in [0.25, 0.3) is 0 Å². The molecule has 4 nitrogen and oxygen atoms in total. The SMILES string of the molecule is CCCCCc1ccc(O)c(NC=O)c1.CCCCc1ccc(C(C)N)cc1. The number of rotatable bonds is 10. The van der Waals surface area contributed by atoms with Crippen molar-refractivity contribution in [1.82, 2.24) is 0 Å². The van der Waals surface area contributed by atoms with Crippen LogP contribution in [0.1, 0.15) is 75.6 Å². The van der Waals surface area contributed by atoms with E-state index < -0.39 is 0 Å². The number of unbranched alkanes of at least 4 members (excludes halogenated alkanes) is 3. The summed E-state index contributed by atoms with van der Waals surface area (Å²) in [5, 5.41) is 11.9. The van der Waals surface area contributed by atoms with E-state index in [2.05, 4.69) is 43.4 Å². The monoisotopic (exact) mass is 384 g/mol. The van der Waals surface area contributed by atoms with Gasteiger partial charge in [-0.25, -0.2) is 0 Å². The fourth-order valence-electron chi connectivity index (χ4n) is 2.87. The zero-order valence-electron chi connectivity index (χ0n) is 17.6. The molecule has 4 N–H and O–H groups in total. The predicted octanol–water partition coefficient (Wildman–Crippen LogP) is 5.74. The fourth-order valence-corrected chi connectivity index (χ4v) is 2.87. The highest BCUT2D eigenvalue weighted by molar-refractivity contribution is 5.75. The summed E-state index contributed by atoms with van der Waals surface area (Å²) in [6, 6.07) is 14.1. The van der Waals surface area contributed by atoms with Gasteiger partial charge in [-0.1, -0.05) is 63.4 Å². The Labute approximate surface area is 170 Å². The first kappa shape index (κ1) is 23.7. The first-order valence-electron chi connectivity index (χ1n) is 10.4. The molecule has 1 amide bonds. The van der Waals surface area contributed by atoms with Gasteiger partial charge >= 0.3 is 0 Å². The number of hydrogen-bond donors (Lipinski definition) is 3. The van der Waals surface area contributed by atoms with E-state index in [0.29, 0.717) is 12.1 Å². The fraction of sp³-hybridized carbons (Fsp3) is 0.458. The summed E-state index contributed by atoms with van der Waals surface area (Å²) in [6.45, 7) is 6.40. The summed E-state index contributed by atoms with van der Waals surface area (Å²) in [7, 11) is 0. The molecular weight excluding hydrogens is 348 g/mol. The maximum Gasteiger partial charge on any atom is 0.211 e. The molecule has 28 heavy (non-hydrogen) atoms. The quantitative estimate of drug-likeness (QED) is 0.278. The van der Waals surface area contributed by atoms with Crippen molar-refractivity contribution in [3.8, 4) is 5.75 Å². The van der Waals surface area contributed by atoms with Gasteiger partial charge in [-0.3, -0.25) is 4.79 Å². The molecule has 0 spiro atoms. The highest BCUT2D eigenvalue weighted by atomic mass is 16.3. The minimum atomic E-state index is 0.112. The lowest BCUT2D eigenvalue weighted by atomic mass is 10.0. The Balaban J connectivity index is 0.000000283.